The van der Waals surface area contributed by atoms with E-state index < -0.39 is 17.6 Å². The van der Waals surface area contributed by atoms with Crippen LogP contribution >= 0.6 is 0 Å². The number of aliphatic hydroxyl groups is 1. The topological polar surface area (TPSA) is 106 Å². The van der Waals surface area contributed by atoms with Crippen molar-refractivity contribution in [3.8, 4) is 5.75 Å². The van der Waals surface area contributed by atoms with E-state index in [0.29, 0.717) is 17.9 Å². The van der Waals surface area contributed by atoms with Crippen LogP contribution in [0.15, 0.2) is 18.3 Å². The predicted molar refractivity (Wildman–Crippen MR) is 93.2 cm³/mol. The van der Waals surface area contributed by atoms with Crippen LogP contribution in [0, 0.1) is 17.8 Å². The molecule has 0 saturated heterocycles. The molecule has 0 bridgehead atoms. The summed E-state index contributed by atoms with van der Waals surface area (Å²) in [6.45, 7) is 3.89. The van der Waals surface area contributed by atoms with Crippen LogP contribution in [0.2, 0.25) is 0 Å². The van der Waals surface area contributed by atoms with Crippen LogP contribution in [-0.4, -0.2) is 38.9 Å². The quantitative estimate of drug-likeness (QED) is 0.663. The highest BCUT2D eigenvalue weighted by Gasteiger charge is 2.47. The Labute approximate surface area is 148 Å². The van der Waals surface area contributed by atoms with Gasteiger partial charge in [0.05, 0.1) is 6.10 Å². The fraction of sp³-hybridized carbons (Fsp3) is 0.684. The molecule has 2 aliphatic rings. The molecule has 6 heteroatoms. The van der Waals surface area contributed by atoms with Gasteiger partial charge in [-0.15, -0.1) is 0 Å². The Morgan fingerprint density at radius 1 is 1.40 bits per heavy atom. The lowest BCUT2D eigenvalue weighted by Crippen LogP contribution is -2.56. The lowest BCUT2D eigenvalue weighted by molar-refractivity contribution is -0.161. The maximum atomic E-state index is 11.7. The second-order valence-corrected chi connectivity index (χ2v) is 8.09. The van der Waals surface area contributed by atoms with E-state index >= 15 is 0 Å². The standard InChI is InChI=1S/C19H28N2O4/c1-11(2)5-17(20)19(24,18(22)23)10-14-9-15(3-4-21-14)25-16-7-12-6-13(12)8-16/h3-4,9,11-13,16-17,24H,5-8,10,20H2,1-2H3,(H,22,23)/t12?,13?,16?,17-,19+/m0/s1. The number of fused-ring (bicyclic) bond motifs is 1. The van der Waals surface area contributed by atoms with Crippen molar-refractivity contribution in [2.45, 2.75) is 63.7 Å². The molecule has 1 aromatic heterocycles. The third-order valence-electron chi connectivity index (χ3n) is 5.45. The molecular formula is C19H28N2O4. The number of pyridine rings is 1. The molecule has 0 aromatic carbocycles. The molecule has 25 heavy (non-hydrogen) atoms. The van der Waals surface area contributed by atoms with E-state index in [1.54, 1.807) is 18.3 Å². The van der Waals surface area contributed by atoms with Crippen LogP contribution in [0.5, 0.6) is 5.75 Å². The first-order valence-corrected chi connectivity index (χ1v) is 9.11. The van der Waals surface area contributed by atoms with Gasteiger partial charge in [-0.1, -0.05) is 13.8 Å². The van der Waals surface area contributed by atoms with Crippen LogP contribution in [0.25, 0.3) is 0 Å². The SMILES string of the molecule is CC(C)C[C@H](N)[C@](O)(Cc1cc(OC2CC3CC3C2)ccn1)C(=O)O. The smallest absolute Gasteiger partial charge is 0.337 e. The minimum absolute atomic E-state index is 0.136. The minimum Gasteiger partial charge on any atom is -0.490 e. The normalized spacial score (nSPS) is 28.3. The zero-order valence-electron chi connectivity index (χ0n) is 14.9. The Morgan fingerprint density at radius 3 is 2.68 bits per heavy atom. The molecule has 1 heterocycles. The summed E-state index contributed by atoms with van der Waals surface area (Å²) in [5, 5.41) is 20.2. The summed E-state index contributed by atoms with van der Waals surface area (Å²) in [7, 11) is 0. The molecule has 4 atom stereocenters. The zero-order chi connectivity index (χ0) is 18.2. The Bertz CT molecular complexity index is 626. The van der Waals surface area contributed by atoms with Gasteiger partial charge in [0.25, 0.3) is 0 Å². The first-order chi connectivity index (χ1) is 11.8. The molecular weight excluding hydrogens is 320 g/mol. The van der Waals surface area contributed by atoms with Gasteiger partial charge in [0.2, 0.25) is 0 Å². The molecule has 0 aliphatic heterocycles. The number of hydrogen-bond donors (Lipinski definition) is 3. The third-order valence-corrected chi connectivity index (χ3v) is 5.45. The molecule has 4 N–H and O–H groups in total. The van der Waals surface area contributed by atoms with Crippen LogP contribution in [0.4, 0.5) is 0 Å². The molecule has 1 aromatic rings. The van der Waals surface area contributed by atoms with E-state index in [1.165, 1.54) is 6.42 Å². The highest BCUT2D eigenvalue weighted by Crippen LogP contribution is 2.52. The van der Waals surface area contributed by atoms with Gasteiger partial charge in [0, 0.05) is 30.4 Å². The fourth-order valence-corrected chi connectivity index (χ4v) is 3.92. The molecule has 0 amide bonds. The number of nitrogens with two attached hydrogens (primary N) is 1. The van der Waals surface area contributed by atoms with Crippen LogP contribution in [0.3, 0.4) is 0 Å². The Hall–Kier alpha value is -1.66. The molecule has 0 spiro atoms. The van der Waals surface area contributed by atoms with Gasteiger partial charge >= 0.3 is 5.97 Å². The van der Waals surface area contributed by atoms with Crippen molar-refractivity contribution in [2.24, 2.45) is 23.5 Å². The first kappa shape index (κ1) is 18.1. The molecule has 2 aliphatic carbocycles. The number of nitrogens with zero attached hydrogens (tertiary/aromatic N) is 1. The highest BCUT2D eigenvalue weighted by molar-refractivity contribution is 5.78. The van der Waals surface area contributed by atoms with Gasteiger partial charge in [0.1, 0.15) is 5.75 Å². The van der Waals surface area contributed by atoms with Crippen molar-refractivity contribution in [1.82, 2.24) is 4.98 Å². The van der Waals surface area contributed by atoms with E-state index in [4.69, 9.17) is 10.5 Å². The number of ether oxygens (including phenoxy) is 1. The van der Waals surface area contributed by atoms with Gasteiger partial charge in [-0.25, -0.2) is 4.79 Å². The summed E-state index contributed by atoms with van der Waals surface area (Å²) < 4.78 is 6.02. The summed E-state index contributed by atoms with van der Waals surface area (Å²) in [4.78, 5) is 15.9. The first-order valence-electron chi connectivity index (χ1n) is 9.11. The van der Waals surface area contributed by atoms with Crippen LogP contribution < -0.4 is 10.5 Å². The number of aromatic nitrogens is 1. The van der Waals surface area contributed by atoms with Gasteiger partial charge in [-0.3, -0.25) is 4.98 Å². The fourth-order valence-electron chi connectivity index (χ4n) is 3.92. The second-order valence-electron chi connectivity index (χ2n) is 8.09. The maximum absolute atomic E-state index is 11.7. The minimum atomic E-state index is -2.04. The number of rotatable bonds is 8. The van der Waals surface area contributed by atoms with Crippen molar-refractivity contribution in [3.63, 3.8) is 0 Å². The average molecular weight is 348 g/mol. The predicted octanol–water partition coefficient (Wildman–Crippen LogP) is 1.99. The van der Waals surface area contributed by atoms with E-state index in [1.807, 2.05) is 13.8 Å². The van der Waals surface area contributed by atoms with Crippen LogP contribution in [-0.2, 0) is 11.2 Å². The van der Waals surface area contributed by atoms with E-state index in [-0.39, 0.29) is 18.4 Å². The molecule has 2 saturated carbocycles. The average Bonchev–Trinajstić information content (AvgIpc) is 3.13. The number of carboxylic acid groups (broad SMARTS) is 1. The van der Waals surface area contributed by atoms with Crippen LogP contribution in [0.1, 0.15) is 45.2 Å². The lowest BCUT2D eigenvalue weighted by Gasteiger charge is -2.30. The summed E-state index contributed by atoms with van der Waals surface area (Å²) >= 11 is 0. The summed E-state index contributed by atoms with van der Waals surface area (Å²) in [5.41, 5.74) is 4.44. The van der Waals surface area contributed by atoms with Gasteiger partial charge in [-0.05, 0) is 49.5 Å². The summed E-state index contributed by atoms with van der Waals surface area (Å²) in [6.07, 6.45) is 5.65. The lowest BCUT2D eigenvalue weighted by atomic mass is 9.84. The van der Waals surface area contributed by atoms with Crippen molar-refractivity contribution in [3.05, 3.63) is 24.0 Å². The van der Waals surface area contributed by atoms with Crippen molar-refractivity contribution in [2.75, 3.05) is 0 Å². The van der Waals surface area contributed by atoms with Gasteiger partial charge in [0.15, 0.2) is 5.60 Å². The number of hydrogen-bond acceptors (Lipinski definition) is 5. The maximum Gasteiger partial charge on any atom is 0.337 e. The summed E-state index contributed by atoms with van der Waals surface area (Å²) in [5.74, 6) is 1.22. The van der Waals surface area contributed by atoms with Crippen molar-refractivity contribution < 1.29 is 19.7 Å². The Kier molecular flexibility index (Phi) is 5.02. The monoisotopic (exact) mass is 348 g/mol. The second kappa shape index (κ2) is 6.92. The summed E-state index contributed by atoms with van der Waals surface area (Å²) in [6, 6.07) is 2.64. The third kappa shape index (κ3) is 4.12. The Balaban J connectivity index is 1.69. The van der Waals surface area contributed by atoms with E-state index in [0.717, 1.165) is 24.7 Å². The number of aliphatic carboxylic acids is 1. The van der Waals surface area contributed by atoms with E-state index in [9.17, 15) is 15.0 Å². The van der Waals surface area contributed by atoms with Crippen molar-refractivity contribution in [1.29, 1.82) is 0 Å². The molecule has 2 unspecified atom stereocenters. The number of carboxylic acids is 1. The van der Waals surface area contributed by atoms with Gasteiger partial charge in [-0.2, -0.15) is 0 Å². The zero-order valence-corrected chi connectivity index (χ0v) is 14.9. The molecule has 0 radical (unpaired) electrons. The highest BCUT2D eigenvalue weighted by atomic mass is 16.5. The van der Waals surface area contributed by atoms with E-state index in [2.05, 4.69) is 4.98 Å². The molecule has 2 fully saturated rings. The number of carbonyl (C=O) groups is 1. The molecule has 6 nitrogen and oxygen atoms in total. The Morgan fingerprint density at radius 2 is 2.08 bits per heavy atom. The molecule has 3 rings (SSSR count). The van der Waals surface area contributed by atoms with Gasteiger partial charge < -0.3 is 20.7 Å². The molecule has 138 valence electrons. The largest absolute Gasteiger partial charge is 0.490 e. The van der Waals surface area contributed by atoms with Crippen molar-refractivity contribution >= 4 is 5.97 Å².